The molecule has 1 heterocycles. The van der Waals surface area contributed by atoms with Gasteiger partial charge < -0.3 is 9.47 Å². The molecule has 0 amide bonds. The normalized spacial score (nSPS) is 18.5. The van der Waals surface area contributed by atoms with Crippen LogP contribution in [0.25, 0.3) is 0 Å². The van der Waals surface area contributed by atoms with Crippen LogP contribution >= 0.6 is 23.2 Å². The van der Waals surface area contributed by atoms with Gasteiger partial charge in [0.05, 0.1) is 22.8 Å². The van der Waals surface area contributed by atoms with E-state index in [-0.39, 0.29) is 11.9 Å². The zero-order valence-electron chi connectivity index (χ0n) is 13.1. The molecular weight excluding hydrogens is 352 g/mol. The molecule has 1 aliphatic rings. The van der Waals surface area contributed by atoms with Gasteiger partial charge in [0.15, 0.2) is 5.75 Å². The summed E-state index contributed by atoms with van der Waals surface area (Å²) in [5.41, 5.74) is 0.983. The summed E-state index contributed by atoms with van der Waals surface area (Å²) in [6.07, 6.45) is -0.0525. The van der Waals surface area contributed by atoms with Crippen LogP contribution in [0.3, 0.4) is 0 Å². The maximum atomic E-state index is 13.0. The number of rotatable bonds is 5. The molecule has 24 heavy (non-hydrogen) atoms. The van der Waals surface area contributed by atoms with Crippen LogP contribution in [0.1, 0.15) is 11.7 Å². The zero-order valence-corrected chi connectivity index (χ0v) is 14.6. The average Bonchev–Trinajstić information content (AvgIpc) is 2.58. The van der Waals surface area contributed by atoms with Crippen molar-refractivity contribution in [1.29, 1.82) is 0 Å². The number of ether oxygens (including phenoxy) is 2. The Balaban J connectivity index is 1.53. The first-order valence-corrected chi connectivity index (χ1v) is 8.55. The van der Waals surface area contributed by atoms with Crippen molar-refractivity contribution < 1.29 is 13.9 Å². The molecule has 1 atom stereocenters. The summed E-state index contributed by atoms with van der Waals surface area (Å²) in [5.74, 6) is 0.278. The van der Waals surface area contributed by atoms with E-state index in [4.69, 9.17) is 32.7 Å². The topological polar surface area (TPSA) is 21.7 Å². The van der Waals surface area contributed by atoms with Crippen molar-refractivity contribution in [3.8, 4) is 5.75 Å². The first-order chi connectivity index (χ1) is 11.6. The van der Waals surface area contributed by atoms with Crippen LogP contribution in [0, 0.1) is 5.82 Å². The molecule has 0 aromatic heterocycles. The van der Waals surface area contributed by atoms with Crippen molar-refractivity contribution in [3.63, 3.8) is 0 Å². The van der Waals surface area contributed by atoms with Gasteiger partial charge in [-0.25, -0.2) is 4.39 Å². The molecule has 1 fully saturated rings. The Morgan fingerprint density at radius 2 is 1.83 bits per heavy atom. The lowest BCUT2D eigenvalue weighted by atomic mass is 10.1. The van der Waals surface area contributed by atoms with E-state index in [1.54, 1.807) is 30.3 Å². The summed E-state index contributed by atoms with van der Waals surface area (Å²) in [6, 6.07) is 11.7. The van der Waals surface area contributed by atoms with E-state index in [9.17, 15) is 4.39 Å². The maximum Gasteiger partial charge on any atom is 0.156 e. The van der Waals surface area contributed by atoms with E-state index in [2.05, 4.69) is 4.90 Å². The number of hydrogen-bond donors (Lipinski definition) is 0. The van der Waals surface area contributed by atoms with Crippen LogP contribution < -0.4 is 4.74 Å². The smallest absolute Gasteiger partial charge is 0.156 e. The summed E-state index contributed by atoms with van der Waals surface area (Å²) in [5, 5.41) is 1.02. The first-order valence-electron chi connectivity index (χ1n) is 7.80. The molecule has 0 aliphatic carbocycles. The minimum absolute atomic E-state index is 0.0525. The van der Waals surface area contributed by atoms with Gasteiger partial charge in [-0.05, 0) is 29.8 Å². The Hall–Kier alpha value is -1.33. The molecule has 3 rings (SSSR count). The molecule has 1 unspecified atom stereocenters. The van der Waals surface area contributed by atoms with Gasteiger partial charge >= 0.3 is 0 Å². The summed E-state index contributed by atoms with van der Waals surface area (Å²) < 4.78 is 24.6. The lowest BCUT2D eigenvalue weighted by Crippen LogP contribution is -2.40. The molecule has 0 spiro atoms. The number of hydrogen-bond acceptors (Lipinski definition) is 3. The molecule has 128 valence electrons. The highest BCUT2D eigenvalue weighted by Gasteiger charge is 2.22. The Morgan fingerprint density at radius 3 is 2.54 bits per heavy atom. The Morgan fingerprint density at radius 1 is 1.12 bits per heavy atom. The second kappa shape index (κ2) is 8.17. The number of halogens is 3. The minimum Gasteiger partial charge on any atom is -0.489 e. The molecule has 6 heteroatoms. The van der Waals surface area contributed by atoms with E-state index >= 15 is 0 Å². The number of morpholine rings is 1. The molecular formula is C18H18Cl2FNO2. The van der Waals surface area contributed by atoms with Gasteiger partial charge in [-0.15, -0.1) is 0 Å². The summed E-state index contributed by atoms with van der Waals surface area (Å²) in [4.78, 5) is 2.25. The van der Waals surface area contributed by atoms with E-state index in [0.29, 0.717) is 29.0 Å². The SMILES string of the molecule is Fc1ccc(C2CN(CCOc3c(Cl)cccc3Cl)CCO2)cc1. The lowest BCUT2D eigenvalue weighted by molar-refractivity contribution is -0.0329. The van der Waals surface area contributed by atoms with Crippen molar-refractivity contribution in [2.24, 2.45) is 0 Å². The predicted molar refractivity (Wildman–Crippen MR) is 93.5 cm³/mol. The highest BCUT2D eigenvalue weighted by molar-refractivity contribution is 6.37. The lowest BCUT2D eigenvalue weighted by Gasteiger charge is -2.33. The van der Waals surface area contributed by atoms with Crippen LogP contribution in [-0.4, -0.2) is 37.7 Å². The monoisotopic (exact) mass is 369 g/mol. The minimum atomic E-state index is -0.239. The fraction of sp³-hybridized carbons (Fsp3) is 0.333. The van der Waals surface area contributed by atoms with E-state index in [0.717, 1.165) is 25.2 Å². The summed E-state index contributed by atoms with van der Waals surface area (Å²) in [7, 11) is 0. The molecule has 1 saturated heterocycles. The average molecular weight is 370 g/mol. The Bertz CT molecular complexity index is 661. The maximum absolute atomic E-state index is 13.0. The highest BCUT2D eigenvalue weighted by Crippen LogP contribution is 2.32. The number of para-hydroxylation sites is 1. The molecule has 0 bridgehead atoms. The molecule has 2 aromatic carbocycles. The van der Waals surface area contributed by atoms with Crippen LogP contribution in [0.15, 0.2) is 42.5 Å². The van der Waals surface area contributed by atoms with Crippen molar-refractivity contribution in [1.82, 2.24) is 4.90 Å². The number of benzene rings is 2. The van der Waals surface area contributed by atoms with Gasteiger partial charge in [0, 0.05) is 19.6 Å². The third-order valence-corrected chi connectivity index (χ3v) is 4.56. The van der Waals surface area contributed by atoms with Crippen LogP contribution in [0.2, 0.25) is 10.0 Å². The molecule has 0 saturated carbocycles. The third kappa shape index (κ3) is 4.39. The third-order valence-electron chi connectivity index (χ3n) is 3.97. The molecule has 3 nitrogen and oxygen atoms in total. The molecule has 2 aromatic rings. The molecule has 0 N–H and O–H groups in total. The fourth-order valence-corrected chi connectivity index (χ4v) is 3.19. The van der Waals surface area contributed by atoms with Gasteiger partial charge in [0.2, 0.25) is 0 Å². The Kier molecular flexibility index (Phi) is 5.95. The quantitative estimate of drug-likeness (QED) is 0.769. The van der Waals surface area contributed by atoms with E-state index < -0.39 is 0 Å². The van der Waals surface area contributed by atoms with Crippen LogP contribution in [0.5, 0.6) is 5.75 Å². The van der Waals surface area contributed by atoms with Gasteiger partial charge in [-0.1, -0.05) is 41.4 Å². The van der Waals surface area contributed by atoms with E-state index in [1.807, 2.05) is 0 Å². The summed E-state index contributed by atoms with van der Waals surface area (Å²) in [6.45, 7) is 3.43. The second-order valence-corrected chi connectivity index (χ2v) is 6.43. The van der Waals surface area contributed by atoms with Gasteiger partial charge in [-0.3, -0.25) is 4.90 Å². The Labute approximate surface area is 150 Å². The van der Waals surface area contributed by atoms with Crippen LogP contribution in [-0.2, 0) is 4.74 Å². The standard InChI is InChI=1S/C18H18Cl2FNO2/c19-15-2-1-3-16(20)18(15)24-11-9-22-8-10-23-17(12-22)13-4-6-14(21)7-5-13/h1-7,17H,8-12H2. The first kappa shape index (κ1) is 17.5. The van der Waals surface area contributed by atoms with Crippen LogP contribution in [0.4, 0.5) is 4.39 Å². The van der Waals surface area contributed by atoms with Crippen molar-refractivity contribution in [3.05, 3.63) is 63.9 Å². The van der Waals surface area contributed by atoms with E-state index in [1.165, 1.54) is 12.1 Å². The van der Waals surface area contributed by atoms with Crippen molar-refractivity contribution >= 4 is 23.2 Å². The largest absolute Gasteiger partial charge is 0.489 e. The summed E-state index contributed by atoms with van der Waals surface area (Å²) >= 11 is 12.2. The van der Waals surface area contributed by atoms with Gasteiger partial charge in [0.25, 0.3) is 0 Å². The van der Waals surface area contributed by atoms with Gasteiger partial charge in [0.1, 0.15) is 12.4 Å². The van der Waals surface area contributed by atoms with Crippen molar-refractivity contribution in [2.45, 2.75) is 6.10 Å². The molecule has 1 aliphatic heterocycles. The number of nitrogens with zero attached hydrogens (tertiary/aromatic N) is 1. The van der Waals surface area contributed by atoms with Crippen molar-refractivity contribution in [2.75, 3.05) is 32.8 Å². The zero-order chi connectivity index (χ0) is 16.9. The predicted octanol–water partition coefficient (Wildman–Crippen LogP) is 4.58. The molecule has 0 radical (unpaired) electrons. The second-order valence-electron chi connectivity index (χ2n) is 5.61. The highest BCUT2D eigenvalue weighted by atomic mass is 35.5. The van der Waals surface area contributed by atoms with Gasteiger partial charge in [-0.2, -0.15) is 0 Å². The fourth-order valence-electron chi connectivity index (χ4n) is 2.68.